The molecule has 28 heavy (non-hydrogen) atoms. The van der Waals surface area contributed by atoms with Crippen LogP contribution in [0.1, 0.15) is 51.9 Å². The fourth-order valence-electron chi connectivity index (χ4n) is 3.82. The molecule has 0 aliphatic carbocycles. The molecular formula is C22H23BrN2O2S. The number of likely N-dealkylation sites (tertiary alicyclic amines) is 1. The quantitative estimate of drug-likeness (QED) is 0.491. The third-order valence-corrected chi connectivity index (χ3v) is 6.60. The van der Waals surface area contributed by atoms with Gasteiger partial charge in [-0.3, -0.25) is 9.69 Å². The molecule has 1 atom stereocenters. The third kappa shape index (κ3) is 4.24. The molecule has 1 N–H and O–H groups in total. The van der Waals surface area contributed by atoms with Gasteiger partial charge in [-0.1, -0.05) is 34.5 Å². The molecule has 1 aliphatic rings. The lowest BCUT2D eigenvalue weighted by Crippen LogP contribution is -2.34. The highest BCUT2D eigenvalue weighted by Crippen LogP contribution is 2.40. The van der Waals surface area contributed by atoms with Crippen LogP contribution in [0.3, 0.4) is 0 Å². The minimum Gasteiger partial charge on any atom is -0.459 e. The van der Waals surface area contributed by atoms with E-state index in [-0.39, 0.29) is 11.9 Å². The number of carbonyl (C=O) groups excluding carboxylic acids is 1. The average Bonchev–Trinajstić information content (AvgIpc) is 3.35. The average molecular weight is 459 g/mol. The van der Waals surface area contributed by atoms with Gasteiger partial charge < -0.3 is 9.73 Å². The van der Waals surface area contributed by atoms with Crippen molar-refractivity contribution in [2.24, 2.45) is 0 Å². The number of anilines is 1. The normalized spacial score (nSPS) is 16.1. The van der Waals surface area contributed by atoms with Crippen LogP contribution >= 0.6 is 27.3 Å². The van der Waals surface area contributed by atoms with Gasteiger partial charge >= 0.3 is 0 Å². The number of furan rings is 1. The Balaban J connectivity index is 1.71. The van der Waals surface area contributed by atoms with Gasteiger partial charge in [0.05, 0.1) is 12.3 Å². The van der Waals surface area contributed by atoms with Crippen molar-refractivity contribution < 1.29 is 9.21 Å². The van der Waals surface area contributed by atoms with Gasteiger partial charge in [0.1, 0.15) is 5.00 Å². The van der Waals surface area contributed by atoms with Crippen molar-refractivity contribution in [2.75, 3.05) is 18.4 Å². The van der Waals surface area contributed by atoms with Crippen LogP contribution in [0.15, 0.2) is 57.6 Å². The number of nitrogens with one attached hydrogen (secondary N) is 1. The summed E-state index contributed by atoms with van der Waals surface area (Å²) in [5.74, 6) is 0.122. The first-order valence-corrected chi connectivity index (χ1v) is 11.2. The molecule has 1 aromatic carbocycles. The molecule has 0 unspecified atom stereocenters. The first kappa shape index (κ1) is 19.4. The van der Waals surface area contributed by atoms with Crippen molar-refractivity contribution in [3.63, 3.8) is 0 Å². The molecule has 4 nitrogen and oxygen atoms in total. The molecule has 3 aromatic rings. The van der Waals surface area contributed by atoms with E-state index in [1.807, 2.05) is 0 Å². The predicted octanol–water partition coefficient (Wildman–Crippen LogP) is 6.24. The van der Waals surface area contributed by atoms with Crippen LogP contribution in [0.2, 0.25) is 0 Å². The molecule has 1 saturated heterocycles. The van der Waals surface area contributed by atoms with Crippen LogP contribution in [-0.4, -0.2) is 23.9 Å². The summed E-state index contributed by atoms with van der Waals surface area (Å²) in [4.78, 5) is 16.3. The van der Waals surface area contributed by atoms with Gasteiger partial charge in [-0.15, -0.1) is 11.3 Å². The van der Waals surface area contributed by atoms with Gasteiger partial charge in [-0.05, 0) is 68.8 Å². The van der Waals surface area contributed by atoms with Crippen LogP contribution in [0.4, 0.5) is 5.00 Å². The Morgan fingerprint density at radius 1 is 1.18 bits per heavy atom. The number of thiophene rings is 1. The molecule has 0 bridgehead atoms. The Morgan fingerprint density at radius 2 is 1.93 bits per heavy atom. The van der Waals surface area contributed by atoms with Crippen LogP contribution < -0.4 is 5.32 Å². The second kappa shape index (κ2) is 8.64. The van der Waals surface area contributed by atoms with Gasteiger partial charge in [0.25, 0.3) is 5.91 Å². The molecule has 0 spiro atoms. The van der Waals surface area contributed by atoms with Gasteiger partial charge in [0.15, 0.2) is 5.76 Å². The van der Waals surface area contributed by atoms with Crippen molar-refractivity contribution in [1.29, 1.82) is 0 Å². The Morgan fingerprint density at radius 3 is 2.61 bits per heavy atom. The van der Waals surface area contributed by atoms with Crippen molar-refractivity contribution in [1.82, 2.24) is 4.90 Å². The van der Waals surface area contributed by atoms with E-state index in [2.05, 4.69) is 63.4 Å². The van der Waals surface area contributed by atoms with Crippen LogP contribution in [-0.2, 0) is 0 Å². The summed E-state index contributed by atoms with van der Waals surface area (Å²) in [5.41, 5.74) is 2.41. The molecule has 0 radical (unpaired) electrons. The van der Waals surface area contributed by atoms with Crippen molar-refractivity contribution in [3.05, 3.63) is 75.0 Å². The Bertz CT molecular complexity index is 928. The second-order valence-electron chi connectivity index (χ2n) is 7.12. The second-order valence-corrected chi connectivity index (χ2v) is 9.30. The van der Waals surface area contributed by atoms with Gasteiger partial charge in [-0.25, -0.2) is 0 Å². The van der Waals surface area contributed by atoms with Gasteiger partial charge in [0.2, 0.25) is 0 Å². The SMILES string of the molecule is Cc1cc([C@@H](c2ccc(Br)cc2)N2CCCCC2)c(NC(=O)c2ccco2)s1. The van der Waals surface area contributed by atoms with E-state index in [0.29, 0.717) is 5.76 Å². The fourth-order valence-corrected chi connectivity index (χ4v) is 5.02. The topological polar surface area (TPSA) is 45.5 Å². The van der Waals surface area contributed by atoms with Crippen molar-refractivity contribution in [3.8, 4) is 0 Å². The Hall–Kier alpha value is -1.89. The Labute approximate surface area is 177 Å². The number of piperidine rings is 1. The fraction of sp³-hybridized carbons (Fsp3) is 0.318. The van der Waals surface area contributed by atoms with E-state index < -0.39 is 0 Å². The van der Waals surface area contributed by atoms with E-state index in [1.165, 1.54) is 36.0 Å². The van der Waals surface area contributed by atoms with Crippen LogP contribution in [0, 0.1) is 6.92 Å². The number of carbonyl (C=O) groups is 1. The summed E-state index contributed by atoms with van der Waals surface area (Å²) in [6.45, 7) is 4.23. The van der Waals surface area contributed by atoms with E-state index in [1.54, 1.807) is 23.5 Å². The van der Waals surface area contributed by atoms with Crippen molar-refractivity contribution in [2.45, 2.75) is 32.2 Å². The monoisotopic (exact) mass is 458 g/mol. The highest BCUT2D eigenvalue weighted by molar-refractivity contribution is 9.10. The number of hydrogen-bond donors (Lipinski definition) is 1. The summed E-state index contributed by atoms with van der Waals surface area (Å²) in [7, 11) is 0. The third-order valence-electron chi connectivity index (χ3n) is 5.09. The van der Waals surface area contributed by atoms with E-state index in [4.69, 9.17) is 4.42 Å². The zero-order valence-corrected chi connectivity index (χ0v) is 18.2. The maximum absolute atomic E-state index is 12.6. The maximum Gasteiger partial charge on any atom is 0.291 e. The number of aryl methyl sites for hydroxylation is 1. The number of benzene rings is 1. The summed E-state index contributed by atoms with van der Waals surface area (Å²) in [6.07, 6.45) is 5.23. The lowest BCUT2D eigenvalue weighted by molar-refractivity contribution is 0.0996. The standard InChI is InChI=1S/C22H23BrN2O2S/c1-15-14-18(22(28-15)24-21(26)19-6-5-13-27-19)20(25-11-3-2-4-12-25)16-7-9-17(23)10-8-16/h5-10,13-14,20H,2-4,11-12H2,1H3,(H,24,26)/t20-/m1/s1. The zero-order valence-electron chi connectivity index (χ0n) is 15.8. The van der Waals surface area contributed by atoms with E-state index in [9.17, 15) is 4.79 Å². The zero-order chi connectivity index (χ0) is 19.5. The summed E-state index contributed by atoms with van der Waals surface area (Å²) in [5, 5.41) is 3.98. The first-order chi connectivity index (χ1) is 13.6. The predicted molar refractivity (Wildman–Crippen MR) is 117 cm³/mol. The minimum absolute atomic E-state index is 0.130. The molecule has 4 rings (SSSR count). The largest absolute Gasteiger partial charge is 0.459 e. The molecule has 1 amide bonds. The molecule has 3 heterocycles. The summed E-state index contributed by atoms with van der Waals surface area (Å²) in [6, 6.07) is 14.3. The molecular weight excluding hydrogens is 436 g/mol. The summed E-state index contributed by atoms with van der Waals surface area (Å²) < 4.78 is 6.34. The number of halogens is 1. The highest BCUT2D eigenvalue weighted by Gasteiger charge is 2.28. The Kier molecular flexibility index (Phi) is 5.99. The summed E-state index contributed by atoms with van der Waals surface area (Å²) >= 11 is 5.16. The lowest BCUT2D eigenvalue weighted by Gasteiger charge is -2.35. The number of amides is 1. The van der Waals surface area contributed by atoms with Crippen LogP contribution in [0.25, 0.3) is 0 Å². The highest BCUT2D eigenvalue weighted by atomic mass is 79.9. The van der Waals surface area contributed by atoms with E-state index >= 15 is 0 Å². The molecule has 146 valence electrons. The van der Waals surface area contributed by atoms with E-state index in [0.717, 1.165) is 28.1 Å². The van der Waals surface area contributed by atoms with Gasteiger partial charge in [-0.2, -0.15) is 0 Å². The molecule has 6 heteroatoms. The van der Waals surface area contributed by atoms with Crippen LogP contribution in [0.5, 0.6) is 0 Å². The molecule has 1 aliphatic heterocycles. The first-order valence-electron chi connectivity index (χ1n) is 9.56. The van der Waals surface area contributed by atoms with Gasteiger partial charge in [0, 0.05) is 14.9 Å². The number of rotatable bonds is 5. The van der Waals surface area contributed by atoms with Crippen molar-refractivity contribution >= 4 is 38.2 Å². The molecule has 0 saturated carbocycles. The lowest BCUT2D eigenvalue weighted by atomic mass is 9.96. The number of nitrogens with zero attached hydrogens (tertiary/aromatic N) is 1. The number of hydrogen-bond acceptors (Lipinski definition) is 4. The molecule has 2 aromatic heterocycles. The smallest absolute Gasteiger partial charge is 0.291 e. The minimum atomic E-state index is -0.207. The molecule has 1 fully saturated rings. The maximum atomic E-state index is 12.6.